The van der Waals surface area contributed by atoms with Crippen molar-refractivity contribution in [2.75, 3.05) is 0 Å². The zero-order chi connectivity index (χ0) is 14.5. The second kappa shape index (κ2) is 4.33. The molecule has 1 heterocycles. The average molecular weight is 299 g/mol. The Labute approximate surface area is 123 Å². The van der Waals surface area contributed by atoms with E-state index in [1.54, 1.807) is 5.19 Å². The minimum Gasteiger partial charge on any atom is -0.540 e. The fourth-order valence-corrected chi connectivity index (χ4v) is 10.1. The molecule has 0 N–H and O–H groups in total. The smallest absolute Gasteiger partial charge is 0.276 e. The van der Waals surface area contributed by atoms with Crippen LogP contribution in [0.3, 0.4) is 0 Å². The topological polar surface area (TPSA) is 9.23 Å². The molecule has 0 saturated carbocycles. The minimum atomic E-state index is -1.90. The van der Waals surface area contributed by atoms with Crippen molar-refractivity contribution in [2.45, 2.75) is 33.1 Å². The molecule has 3 heteroatoms. The molecular formula is C17H22OSi2. The first-order valence-corrected chi connectivity index (χ1v) is 13.1. The van der Waals surface area contributed by atoms with Crippen LogP contribution in [-0.2, 0) is 0 Å². The maximum Gasteiger partial charge on any atom is 0.276 e. The maximum absolute atomic E-state index is 6.53. The Balaban J connectivity index is 2.36. The molecule has 0 amide bonds. The van der Waals surface area contributed by atoms with Gasteiger partial charge in [0, 0.05) is 0 Å². The van der Waals surface area contributed by atoms with Crippen LogP contribution < -0.4 is 20.0 Å². The van der Waals surface area contributed by atoms with Crippen LogP contribution >= 0.6 is 0 Å². The number of para-hydroxylation sites is 1. The first kappa shape index (κ1) is 13.6. The van der Waals surface area contributed by atoms with Gasteiger partial charge in [0.05, 0.1) is 0 Å². The Bertz CT molecular complexity index is 674. The van der Waals surface area contributed by atoms with Gasteiger partial charge >= 0.3 is 0 Å². The molecule has 20 heavy (non-hydrogen) atoms. The van der Waals surface area contributed by atoms with Crippen LogP contribution in [0.5, 0.6) is 5.75 Å². The quantitative estimate of drug-likeness (QED) is 0.679. The lowest BCUT2D eigenvalue weighted by Gasteiger charge is -2.26. The van der Waals surface area contributed by atoms with Gasteiger partial charge in [0.15, 0.2) is 0 Å². The van der Waals surface area contributed by atoms with E-state index in [9.17, 15) is 0 Å². The highest BCUT2D eigenvalue weighted by Crippen LogP contribution is 2.22. The maximum atomic E-state index is 6.53. The summed E-state index contributed by atoms with van der Waals surface area (Å²) in [5, 5.41) is 4.48. The van der Waals surface area contributed by atoms with Crippen molar-refractivity contribution < 1.29 is 4.43 Å². The van der Waals surface area contributed by atoms with Gasteiger partial charge in [-0.3, -0.25) is 0 Å². The molecule has 1 aliphatic rings. The third-order valence-electron chi connectivity index (χ3n) is 4.42. The van der Waals surface area contributed by atoms with E-state index in [4.69, 9.17) is 4.43 Å². The Morgan fingerprint density at radius 2 is 1.50 bits per heavy atom. The summed E-state index contributed by atoms with van der Waals surface area (Å²) in [7, 11) is -3.58. The molecule has 0 spiro atoms. The van der Waals surface area contributed by atoms with Crippen LogP contribution in [-0.4, -0.2) is 16.4 Å². The lowest BCUT2D eigenvalue weighted by atomic mass is 10.2. The van der Waals surface area contributed by atoms with E-state index < -0.39 is 16.4 Å². The standard InChI is InChI=1S/C17H22OSi2/c1-13-10-11-16-17(12-13)20(4,5)18-14-8-6-7-9-15(14)19(16,2)3/h6-12H,1-5H3. The van der Waals surface area contributed by atoms with Crippen LogP contribution in [0.25, 0.3) is 0 Å². The average Bonchev–Trinajstić information content (AvgIpc) is 2.43. The number of hydrogen-bond acceptors (Lipinski definition) is 1. The molecule has 2 aromatic rings. The Kier molecular flexibility index (Phi) is 2.96. The van der Waals surface area contributed by atoms with Gasteiger partial charge in [-0.2, -0.15) is 0 Å². The first-order chi connectivity index (χ1) is 9.32. The molecule has 3 rings (SSSR count). The molecule has 0 bridgehead atoms. The van der Waals surface area contributed by atoms with E-state index in [1.165, 1.54) is 15.9 Å². The summed E-state index contributed by atoms with van der Waals surface area (Å²) in [6.07, 6.45) is 0. The van der Waals surface area contributed by atoms with Gasteiger partial charge < -0.3 is 4.43 Å². The molecule has 104 valence electrons. The molecule has 0 unspecified atom stereocenters. The minimum absolute atomic E-state index is 1.12. The van der Waals surface area contributed by atoms with Crippen molar-refractivity contribution in [3.8, 4) is 5.75 Å². The summed E-state index contributed by atoms with van der Waals surface area (Å²) < 4.78 is 6.53. The normalized spacial score (nSPS) is 18.4. The molecule has 0 fully saturated rings. The van der Waals surface area contributed by atoms with Crippen LogP contribution in [0.2, 0.25) is 26.2 Å². The number of fused-ring (bicyclic) bond motifs is 2. The first-order valence-electron chi connectivity index (χ1n) is 7.22. The lowest BCUT2D eigenvalue weighted by molar-refractivity contribution is 0.569. The van der Waals surface area contributed by atoms with Crippen LogP contribution in [0.15, 0.2) is 42.5 Å². The van der Waals surface area contributed by atoms with E-state index in [2.05, 4.69) is 75.6 Å². The van der Waals surface area contributed by atoms with Crippen LogP contribution in [0.4, 0.5) is 0 Å². The summed E-state index contributed by atoms with van der Waals surface area (Å²) >= 11 is 0. The van der Waals surface area contributed by atoms with E-state index in [0.717, 1.165) is 5.75 Å². The number of hydrogen-bond donors (Lipinski definition) is 0. The SMILES string of the molecule is Cc1ccc2c(c1)[Si](C)(C)Oc1ccccc1[Si]2(C)C. The van der Waals surface area contributed by atoms with Crippen LogP contribution in [0.1, 0.15) is 5.56 Å². The predicted octanol–water partition coefficient (Wildman–Crippen LogP) is 2.62. The van der Waals surface area contributed by atoms with E-state index in [1.807, 2.05) is 0 Å². The van der Waals surface area contributed by atoms with Gasteiger partial charge in [0.2, 0.25) is 0 Å². The van der Waals surface area contributed by atoms with Crippen LogP contribution in [0, 0.1) is 6.92 Å². The number of rotatable bonds is 0. The molecule has 2 aromatic carbocycles. The molecule has 1 nitrogen and oxygen atoms in total. The van der Waals surface area contributed by atoms with E-state index in [0.29, 0.717) is 0 Å². The van der Waals surface area contributed by atoms with Gasteiger partial charge in [-0.15, -0.1) is 0 Å². The zero-order valence-electron chi connectivity index (χ0n) is 12.9. The second-order valence-corrected chi connectivity index (χ2v) is 14.9. The summed E-state index contributed by atoms with van der Waals surface area (Å²) in [5.74, 6) is 1.12. The van der Waals surface area contributed by atoms with Gasteiger partial charge in [0.1, 0.15) is 13.8 Å². The predicted molar refractivity (Wildman–Crippen MR) is 92.1 cm³/mol. The number of aryl methyl sites for hydroxylation is 1. The van der Waals surface area contributed by atoms with Gasteiger partial charge in [-0.1, -0.05) is 60.2 Å². The molecule has 0 aromatic heterocycles. The largest absolute Gasteiger partial charge is 0.540 e. The van der Waals surface area contributed by atoms with Crippen molar-refractivity contribution in [2.24, 2.45) is 0 Å². The highest BCUT2D eigenvalue weighted by Gasteiger charge is 2.41. The van der Waals surface area contributed by atoms with Crippen molar-refractivity contribution in [3.05, 3.63) is 48.0 Å². The van der Waals surface area contributed by atoms with Crippen molar-refractivity contribution >= 4 is 32.0 Å². The summed E-state index contributed by atoms with van der Waals surface area (Å²) in [5.41, 5.74) is 1.34. The fourth-order valence-electron chi connectivity index (χ4n) is 3.25. The molecule has 0 saturated heterocycles. The van der Waals surface area contributed by atoms with E-state index in [-0.39, 0.29) is 0 Å². The summed E-state index contributed by atoms with van der Waals surface area (Å²) in [4.78, 5) is 0. The van der Waals surface area contributed by atoms with Gasteiger partial charge in [0.25, 0.3) is 8.32 Å². The monoisotopic (exact) mass is 298 g/mol. The third kappa shape index (κ3) is 1.96. The lowest BCUT2D eigenvalue weighted by Crippen LogP contribution is -2.62. The second-order valence-electron chi connectivity index (χ2n) is 6.78. The fraction of sp³-hybridized carbons (Fsp3) is 0.294. The van der Waals surface area contributed by atoms with Crippen molar-refractivity contribution in [3.63, 3.8) is 0 Å². The molecule has 0 radical (unpaired) electrons. The number of benzene rings is 2. The molecular weight excluding hydrogens is 276 g/mol. The highest BCUT2D eigenvalue weighted by atomic mass is 28.4. The zero-order valence-corrected chi connectivity index (χ0v) is 14.9. The molecule has 0 atom stereocenters. The summed E-state index contributed by atoms with van der Waals surface area (Å²) in [6, 6.07) is 15.6. The van der Waals surface area contributed by atoms with Crippen molar-refractivity contribution in [1.29, 1.82) is 0 Å². The Morgan fingerprint density at radius 3 is 2.25 bits per heavy atom. The van der Waals surface area contributed by atoms with E-state index >= 15 is 0 Å². The van der Waals surface area contributed by atoms with Gasteiger partial charge in [-0.05, 0) is 36.5 Å². The van der Waals surface area contributed by atoms with Gasteiger partial charge in [-0.25, -0.2) is 0 Å². The highest BCUT2D eigenvalue weighted by molar-refractivity contribution is 7.06. The molecule has 0 aliphatic carbocycles. The molecule has 1 aliphatic heterocycles. The van der Waals surface area contributed by atoms with Crippen molar-refractivity contribution in [1.82, 2.24) is 0 Å². The summed E-state index contributed by atoms with van der Waals surface area (Å²) in [6.45, 7) is 11.7. The Morgan fingerprint density at radius 1 is 0.800 bits per heavy atom. The third-order valence-corrected chi connectivity index (χ3v) is 10.7. The Hall–Kier alpha value is -1.33.